The summed E-state index contributed by atoms with van der Waals surface area (Å²) in [7, 11) is 0. The van der Waals surface area contributed by atoms with Gasteiger partial charge in [-0.05, 0) is 36.8 Å². The van der Waals surface area contributed by atoms with Crippen LogP contribution in [0, 0.1) is 6.92 Å². The first-order valence-corrected chi connectivity index (χ1v) is 6.09. The molecule has 0 aliphatic heterocycles. The van der Waals surface area contributed by atoms with Crippen molar-refractivity contribution in [2.24, 2.45) is 0 Å². The van der Waals surface area contributed by atoms with E-state index in [9.17, 15) is 5.11 Å². The van der Waals surface area contributed by atoms with Crippen LogP contribution in [0.3, 0.4) is 0 Å². The molecule has 3 N–H and O–H groups in total. The van der Waals surface area contributed by atoms with E-state index in [-0.39, 0.29) is 5.75 Å². The number of rotatable bonds is 2. The smallest absolute Gasteiger partial charge is 0.157 e. The average molecular weight is 267 g/mol. The lowest BCUT2D eigenvalue weighted by atomic mass is 10.2. The van der Waals surface area contributed by atoms with Gasteiger partial charge < -0.3 is 10.8 Å². The van der Waals surface area contributed by atoms with Gasteiger partial charge in [0.05, 0.1) is 5.69 Å². The molecule has 0 aliphatic rings. The van der Waals surface area contributed by atoms with Crippen molar-refractivity contribution in [3.63, 3.8) is 0 Å². The van der Waals surface area contributed by atoms with Crippen LogP contribution in [0.15, 0.2) is 42.6 Å². The molecule has 0 saturated heterocycles. The fourth-order valence-electron chi connectivity index (χ4n) is 1.96. The Morgan fingerprint density at radius 1 is 1.20 bits per heavy atom. The summed E-state index contributed by atoms with van der Waals surface area (Å²) >= 11 is 0. The molecule has 2 aromatic heterocycles. The van der Waals surface area contributed by atoms with Crippen LogP contribution in [-0.4, -0.2) is 25.1 Å². The van der Waals surface area contributed by atoms with E-state index in [1.165, 1.54) is 4.68 Å². The normalized spacial score (nSPS) is 10.7. The second-order valence-corrected chi connectivity index (χ2v) is 4.44. The van der Waals surface area contributed by atoms with Gasteiger partial charge in [0.2, 0.25) is 0 Å². The maximum absolute atomic E-state index is 9.99. The summed E-state index contributed by atoms with van der Waals surface area (Å²) in [6.45, 7) is 1.90. The zero-order valence-electron chi connectivity index (χ0n) is 10.9. The van der Waals surface area contributed by atoms with Gasteiger partial charge in [-0.3, -0.25) is 4.98 Å². The van der Waals surface area contributed by atoms with E-state index < -0.39 is 0 Å². The predicted octanol–water partition coefficient (Wildman–Crippen LogP) is 1.93. The van der Waals surface area contributed by atoms with Crippen LogP contribution in [0.2, 0.25) is 0 Å². The largest absolute Gasteiger partial charge is 0.506 e. The number of hydrogen-bond acceptors (Lipinski definition) is 5. The number of hydrogen-bond donors (Lipinski definition) is 2. The third-order valence-corrected chi connectivity index (χ3v) is 2.97. The SMILES string of the molecule is Cc1ccc(-n2nnc(-c3ccccn3)c2N)c(O)c1. The number of pyridine rings is 1. The summed E-state index contributed by atoms with van der Waals surface area (Å²) in [4.78, 5) is 4.20. The molecule has 2 heterocycles. The zero-order chi connectivity index (χ0) is 14.1. The third-order valence-electron chi connectivity index (χ3n) is 2.97. The second-order valence-electron chi connectivity index (χ2n) is 4.44. The highest BCUT2D eigenvalue weighted by Crippen LogP contribution is 2.28. The van der Waals surface area contributed by atoms with E-state index in [0.717, 1.165) is 5.56 Å². The number of aromatic hydroxyl groups is 1. The van der Waals surface area contributed by atoms with Crippen LogP contribution < -0.4 is 5.73 Å². The molecule has 20 heavy (non-hydrogen) atoms. The quantitative estimate of drug-likeness (QED) is 0.740. The van der Waals surface area contributed by atoms with Gasteiger partial charge in [-0.25, -0.2) is 0 Å². The molecule has 1 aromatic carbocycles. The van der Waals surface area contributed by atoms with E-state index in [1.807, 2.05) is 25.1 Å². The van der Waals surface area contributed by atoms with E-state index in [1.54, 1.807) is 24.4 Å². The van der Waals surface area contributed by atoms with Crippen molar-refractivity contribution in [3.05, 3.63) is 48.2 Å². The van der Waals surface area contributed by atoms with Crippen molar-refractivity contribution in [3.8, 4) is 22.8 Å². The highest BCUT2D eigenvalue weighted by atomic mass is 16.3. The molecule has 0 spiro atoms. The molecule has 0 amide bonds. The summed E-state index contributed by atoms with van der Waals surface area (Å²) in [5.74, 6) is 0.442. The summed E-state index contributed by atoms with van der Waals surface area (Å²) in [5.41, 5.74) is 8.64. The molecule has 0 saturated carbocycles. The van der Waals surface area contributed by atoms with E-state index in [0.29, 0.717) is 22.9 Å². The summed E-state index contributed by atoms with van der Waals surface area (Å²) in [6, 6.07) is 10.7. The van der Waals surface area contributed by atoms with E-state index >= 15 is 0 Å². The van der Waals surface area contributed by atoms with Crippen LogP contribution in [0.5, 0.6) is 5.75 Å². The summed E-state index contributed by atoms with van der Waals surface area (Å²) in [5, 5.41) is 18.0. The minimum absolute atomic E-state index is 0.106. The highest BCUT2D eigenvalue weighted by Gasteiger charge is 2.15. The minimum Gasteiger partial charge on any atom is -0.506 e. The van der Waals surface area contributed by atoms with Gasteiger partial charge in [0.1, 0.15) is 11.4 Å². The lowest BCUT2D eigenvalue weighted by Gasteiger charge is -2.06. The number of anilines is 1. The van der Waals surface area contributed by atoms with Crippen molar-refractivity contribution in [2.75, 3.05) is 5.73 Å². The van der Waals surface area contributed by atoms with Gasteiger partial charge >= 0.3 is 0 Å². The van der Waals surface area contributed by atoms with Crippen LogP contribution in [0.25, 0.3) is 17.1 Å². The number of phenolic OH excluding ortho intramolecular Hbond substituents is 1. The average Bonchev–Trinajstić information content (AvgIpc) is 2.82. The number of phenols is 1. The maximum atomic E-state index is 9.99. The maximum Gasteiger partial charge on any atom is 0.157 e. The van der Waals surface area contributed by atoms with Gasteiger partial charge in [0.15, 0.2) is 11.5 Å². The van der Waals surface area contributed by atoms with Crippen LogP contribution in [-0.2, 0) is 0 Å². The van der Waals surface area contributed by atoms with Crippen LogP contribution >= 0.6 is 0 Å². The molecule has 0 unspecified atom stereocenters. The monoisotopic (exact) mass is 267 g/mol. The number of benzene rings is 1. The first kappa shape index (κ1) is 12.2. The lowest BCUT2D eigenvalue weighted by Crippen LogP contribution is -2.03. The Labute approximate surface area is 115 Å². The predicted molar refractivity (Wildman–Crippen MR) is 75.4 cm³/mol. The molecule has 0 fully saturated rings. The van der Waals surface area contributed by atoms with Crippen molar-refractivity contribution in [2.45, 2.75) is 6.92 Å². The standard InChI is InChI=1S/C14H13N5O/c1-9-5-6-11(12(20)8-9)19-14(15)13(17-18-19)10-4-2-3-7-16-10/h2-8,20H,15H2,1H3. The van der Waals surface area contributed by atoms with Gasteiger partial charge in [-0.15, -0.1) is 5.10 Å². The van der Waals surface area contributed by atoms with Gasteiger partial charge in [-0.1, -0.05) is 17.3 Å². The zero-order valence-corrected chi connectivity index (χ0v) is 10.9. The molecule has 0 bridgehead atoms. The Hall–Kier alpha value is -2.89. The minimum atomic E-state index is 0.106. The fraction of sp³-hybridized carbons (Fsp3) is 0.0714. The Morgan fingerprint density at radius 2 is 2.05 bits per heavy atom. The van der Waals surface area contributed by atoms with Gasteiger partial charge in [0.25, 0.3) is 0 Å². The molecule has 6 nitrogen and oxygen atoms in total. The lowest BCUT2D eigenvalue weighted by molar-refractivity contribution is 0.469. The van der Waals surface area contributed by atoms with Crippen LogP contribution in [0.4, 0.5) is 5.82 Å². The van der Waals surface area contributed by atoms with Crippen molar-refractivity contribution in [1.29, 1.82) is 0 Å². The van der Waals surface area contributed by atoms with E-state index in [4.69, 9.17) is 5.73 Å². The van der Waals surface area contributed by atoms with Gasteiger partial charge in [-0.2, -0.15) is 4.68 Å². The summed E-state index contributed by atoms with van der Waals surface area (Å²) in [6.07, 6.45) is 1.66. The molecule has 100 valence electrons. The Morgan fingerprint density at radius 3 is 2.75 bits per heavy atom. The summed E-state index contributed by atoms with van der Waals surface area (Å²) < 4.78 is 1.40. The molecule has 0 radical (unpaired) electrons. The molecule has 0 aliphatic carbocycles. The van der Waals surface area contributed by atoms with Gasteiger partial charge in [0, 0.05) is 6.20 Å². The number of aromatic nitrogens is 4. The van der Waals surface area contributed by atoms with Crippen LogP contribution in [0.1, 0.15) is 5.56 Å². The Balaban J connectivity index is 2.11. The van der Waals surface area contributed by atoms with Crippen molar-refractivity contribution < 1.29 is 5.11 Å². The molecular weight excluding hydrogens is 254 g/mol. The molecule has 3 rings (SSSR count). The number of nitrogen functional groups attached to an aromatic ring is 1. The number of nitrogens with two attached hydrogens (primary N) is 1. The number of aryl methyl sites for hydroxylation is 1. The Kier molecular flexibility index (Phi) is 2.83. The topological polar surface area (TPSA) is 89.9 Å². The second kappa shape index (κ2) is 4.65. The first-order valence-electron chi connectivity index (χ1n) is 6.09. The van der Waals surface area contributed by atoms with Crippen molar-refractivity contribution in [1.82, 2.24) is 20.0 Å². The first-order chi connectivity index (χ1) is 9.66. The number of nitrogens with zero attached hydrogens (tertiary/aromatic N) is 4. The molecule has 6 heteroatoms. The molecule has 3 aromatic rings. The fourth-order valence-corrected chi connectivity index (χ4v) is 1.96. The van der Waals surface area contributed by atoms with E-state index in [2.05, 4.69) is 15.3 Å². The Bertz CT molecular complexity index is 752. The van der Waals surface area contributed by atoms with Crippen molar-refractivity contribution >= 4 is 5.82 Å². The highest BCUT2D eigenvalue weighted by molar-refractivity contribution is 5.68. The molecular formula is C14H13N5O. The third kappa shape index (κ3) is 1.97. The molecule has 0 atom stereocenters.